The van der Waals surface area contributed by atoms with Crippen LogP contribution in [-0.4, -0.2) is 46.0 Å². The molecule has 112 valence electrons. The summed E-state index contributed by atoms with van der Waals surface area (Å²) in [5.41, 5.74) is 2.24. The minimum atomic E-state index is -0.331. The molecule has 2 heterocycles. The highest BCUT2D eigenvalue weighted by Gasteiger charge is 2.15. The molecule has 0 aliphatic carbocycles. The Labute approximate surface area is 126 Å². The van der Waals surface area contributed by atoms with Gasteiger partial charge in [-0.2, -0.15) is 9.61 Å². The van der Waals surface area contributed by atoms with E-state index in [2.05, 4.69) is 20.6 Å². The molecule has 3 aromatic rings. The minimum absolute atomic E-state index is 0.156. The molecule has 3 rings (SSSR count). The first-order valence-corrected chi connectivity index (χ1v) is 6.84. The van der Waals surface area contributed by atoms with Crippen molar-refractivity contribution < 1.29 is 9.53 Å². The van der Waals surface area contributed by atoms with Crippen molar-refractivity contribution in [1.82, 2.24) is 25.1 Å². The van der Waals surface area contributed by atoms with Gasteiger partial charge in [-0.1, -0.05) is 30.3 Å². The first-order valence-electron chi connectivity index (χ1n) is 6.84. The van der Waals surface area contributed by atoms with Gasteiger partial charge in [-0.05, 0) is 12.1 Å². The highest BCUT2D eigenvalue weighted by Crippen LogP contribution is 2.16. The number of ether oxygens (including phenoxy) is 1. The summed E-state index contributed by atoms with van der Waals surface area (Å²) in [6.45, 7) is 0.841. The van der Waals surface area contributed by atoms with Gasteiger partial charge in [0.1, 0.15) is 0 Å². The van der Waals surface area contributed by atoms with Crippen LogP contribution < -0.4 is 5.32 Å². The number of aromatic nitrogens is 4. The number of hydrogen-bond donors (Lipinski definition) is 1. The van der Waals surface area contributed by atoms with E-state index in [4.69, 9.17) is 4.74 Å². The average molecular weight is 297 g/mol. The first kappa shape index (κ1) is 14.2. The van der Waals surface area contributed by atoms with Crippen LogP contribution in [-0.2, 0) is 4.74 Å². The molecule has 7 nitrogen and oxygen atoms in total. The number of nitrogens with one attached hydrogen (secondary N) is 1. The van der Waals surface area contributed by atoms with Crippen molar-refractivity contribution in [3.8, 4) is 11.3 Å². The summed E-state index contributed by atoms with van der Waals surface area (Å²) < 4.78 is 6.35. The molecule has 0 spiro atoms. The predicted octanol–water partition coefficient (Wildman–Crippen LogP) is 1.17. The molecule has 0 saturated heterocycles. The van der Waals surface area contributed by atoms with Gasteiger partial charge in [0.25, 0.3) is 5.91 Å². The summed E-state index contributed by atoms with van der Waals surface area (Å²) in [5, 5.41) is 15.0. The Hall–Kier alpha value is -2.80. The summed E-state index contributed by atoms with van der Waals surface area (Å²) in [6, 6.07) is 13.4. The van der Waals surface area contributed by atoms with Crippen LogP contribution in [0.4, 0.5) is 0 Å². The number of carbonyl (C=O) groups excluding carboxylic acids is 1. The number of carbonyl (C=O) groups is 1. The zero-order valence-electron chi connectivity index (χ0n) is 12.1. The lowest BCUT2D eigenvalue weighted by Gasteiger charge is -2.04. The maximum Gasteiger partial charge on any atom is 0.291 e. The maximum atomic E-state index is 12.1. The molecule has 7 heteroatoms. The summed E-state index contributed by atoms with van der Waals surface area (Å²) >= 11 is 0. The molecule has 0 bridgehead atoms. The van der Waals surface area contributed by atoms with Crippen molar-refractivity contribution in [3.63, 3.8) is 0 Å². The number of fused-ring (bicyclic) bond motifs is 1. The maximum absolute atomic E-state index is 12.1. The normalized spacial score (nSPS) is 10.8. The van der Waals surface area contributed by atoms with E-state index >= 15 is 0 Å². The lowest BCUT2D eigenvalue weighted by atomic mass is 10.1. The second kappa shape index (κ2) is 6.31. The number of rotatable bonds is 5. The molecule has 0 fully saturated rings. The van der Waals surface area contributed by atoms with E-state index < -0.39 is 0 Å². The molecule has 0 radical (unpaired) electrons. The van der Waals surface area contributed by atoms with Crippen LogP contribution in [0.25, 0.3) is 16.9 Å². The van der Waals surface area contributed by atoms with Gasteiger partial charge in [-0.3, -0.25) is 4.79 Å². The molecular formula is C15H15N5O2. The van der Waals surface area contributed by atoms with E-state index in [1.54, 1.807) is 13.2 Å². The molecule has 1 N–H and O–H groups in total. The molecular weight excluding hydrogens is 282 g/mol. The Kier molecular flexibility index (Phi) is 4.06. The van der Waals surface area contributed by atoms with Crippen LogP contribution >= 0.6 is 0 Å². The van der Waals surface area contributed by atoms with Gasteiger partial charge in [0.05, 0.1) is 12.3 Å². The van der Waals surface area contributed by atoms with Crippen molar-refractivity contribution in [2.75, 3.05) is 20.3 Å². The summed E-state index contributed by atoms with van der Waals surface area (Å²) in [7, 11) is 1.58. The Morgan fingerprint density at radius 1 is 1.18 bits per heavy atom. The molecule has 1 aromatic carbocycles. The second-order valence-corrected chi connectivity index (χ2v) is 4.63. The molecule has 0 aliphatic rings. The smallest absolute Gasteiger partial charge is 0.291 e. The molecule has 0 saturated carbocycles. The lowest BCUT2D eigenvalue weighted by Crippen LogP contribution is -2.29. The standard InChI is InChI=1S/C15H15N5O2/c1-22-10-9-16-15(21)14-18-17-13-8-7-12(19-20(13)14)11-5-3-2-4-6-11/h2-8H,9-10H2,1H3,(H,16,21). The highest BCUT2D eigenvalue weighted by atomic mass is 16.5. The average Bonchev–Trinajstić information content (AvgIpc) is 2.99. The van der Waals surface area contributed by atoms with E-state index in [0.29, 0.717) is 18.8 Å². The third kappa shape index (κ3) is 2.79. The topological polar surface area (TPSA) is 81.4 Å². The van der Waals surface area contributed by atoms with Gasteiger partial charge in [-0.25, -0.2) is 0 Å². The van der Waals surface area contributed by atoms with Crippen LogP contribution in [0.1, 0.15) is 10.6 Å². The van der Waals surface area contributed by atoms with Gasteiger partial charge in [-0.15, -0.1) is 10.2 Å². The fraction of sp³-hybridized carbons (Fsp3) is 0.200. The Bertz CT molecular complexity index is 785. The highest BCUT2D eigenvalue weighted by molar-refractivity contribution is 5.91. The molecule has 0 unspecified atom stereocenters. The zero-order valence-corrected chi connectivity index (χ0v) is 12.1. The lowest BCUT2D eigenvalue weighted by molar-refractivity contribution is 0.0924. The zero-order chi connectivity index (χ0) is 15.4. The predicted molar refractivity (Wildman–Crippen MR) is 80.4 cm³/mol. The van der Waals surface area contributed by atoms with Crippen molar-refractivity contribution >= 4 is 11.6 Å². The van der Waals surface area contributed by atoms with E-state index in [-0.39, 0.29) is 11.7 Å². The number of amides is 1. The second-order valence-electron chi connectivity index (χ2n) is 4.63. The van der Waals surface area contributed by atoms with Gasteiger partial charge in [0.15, 0.2) is 5.65 Å². The SMILES string of the molecule is COCCNC(=O)c1nnc2ccc(-c3ccccc3)nn12. The summed E-state index contributed by atoms with van der Waals surface area (Å²) in [6.07, 6.45) is 0. The minimum Gasteiger partial charge on any atom is -0.383 e. The van der Waals surface area contributed by atoms with Crippen molar-refractivity contribution in [2.24, 2.45) is 0 Å². The van der Waals surface area contributed by atoms with E-state index in [0.717, 1.165) is 11.3 Å². The first-order chi connectivity index (χ1) is 10.8. The fourth-order valence-electron chi connectivity index (χ4n) is 2.04. The largest absolute Gasteiger partial charge is 0.383 e. The van der Waals surface area contributed by atoms with Gasteiger partial charge in [0, 0.05) is 19.2 Å². The van der Waals surface area contributed by atoms with Crippen LogP contribution in [0, 0.1) is 0 Å². The van der Waals surface area contributed by atoms with E-state index in [9.17, 15) is 4.79 Å². The Morgan fingerprint density at radius 2 is 2.00 bits per heavy atom. The monoisotopic (exact) mass is 297 g/mol. The number of methoxy groups -OCH3 is 1. The van der Waals surface area contributed by atoms with Crippen LogP contribution in [0.3, 0.4) is 0 Å². The Morgan fingerprint density at radius 3 is 2.77 bits per heavy atom. The molecule has 0 atom stereocenters. The fourth-order valence-corrected chi connectivity index (χ4v) is 2.04. The van der Waals surface area contributed by atoms with Gasteiger partial charge in [0.2, 0.25) is 5.82 Å². The van der Waals surface area contributed by atoms with E-state index in [1.807, 2.05) is 36.4 Å². The van der Waals surface area contributed by atoms with Crippen molar-refractivity contribution in [2.45, 2.75) is 0 Å². The van der Waals surface area contributed by atoms with E-state index in [1.165, 1.54) is 4.52 Å². The van der Waals surface area contributed by atoms with Crippen molar-refractivity contribution in [3.05, 3.63) is 48.3 Å². The quantitative estimate of drug-likeness (QED) is 0.715. The summed E-state index contributed by atoms with van der Waals surface area (Å²) in [4.78, 5) is 12.1. The molecule has 2 aromatic heterocycles. The van der Waals surface area contributed by atoms with Gasteiger partial charge < -0.3 is 10.1 Å². The Balaban J connectivity index is 1.94. The summed E-state index contributed by atoms with van der Waals surface area (Å²) in [5.74, 6) is -0.175. The van der Waals surface area contributed by atoms with Gasteiger partial charge >= 0.3 is 0 Å². The third-order valence-corrected chi connectivity index (χ3v) is 3.13. The third-order valence-electron chi connectivity index (χ3n) is 3.13. The number of nitrogens with zero attached hydrogens (tertiary/aromatic N) is 4. The van der Waals surface area contributed by atoms with Crippen LogP contribution in [0.15, 0.2) is 42.5 Å². The number of benzene rings is 1. The molecule has 1 amide bonds. The van der Waals surface area contributed by atoms with Crippen molar-refractivity contribution in [1.29, 1.82) is 0 Å². The number of hydrogen-bond acceptors (Lipinski definition) is 5. The molecule has 22 heavy (non-hydrogen) atoms. The van der Waals surface area contributed by atoms with Crippen LogP contribution in [0.5, 0.6) is 0 Å². The van der Waals surface area contributed by atoms with Crippen LogP contribution in [0.2, 0.25) is 0 Å². The molecule has 0 aliphatic heterocycles.